The second kappa shape index (κ2) is 4.23. The van der Waals surface area contributed by atoms with Crippen molar-refractivity contribution in [2.24, 2.45) is 0 Å². The normalized spacial score (nSPS) is 12.2. The Kier molecular flexibility index (Phi) is 3.49. The fourth-order valence-electron chi connectivity index (χ4n) is 0.776. The molecule has 0 heterocycles. The Bertz CT molecular complexity index is 404. The molecule has 0 bridgehead atoms. The lowest BCUT2D eigenvalue weighted by Crippen LogP contribution is -1.87. The SMILES string of the molecule is CS(=O)(=O)/C=C/c1ccc(I)cc1. The molecule has 13 heavy (non-hydrogen) atoms. The molecule has 1 aromatic carbocycles. The molecule has 0 radical (unpaired) electrons. The van der Waals surface area contributed by atoms with Gasteiger partial charge < -0.3 is 0 Å². The van der Waals surface area contributed by atoms with Crippen LogP contribution in [0.25, 0.3) is 6.08 Å². The Balaban J connectivity index is 2.88. The van der Waals surface area contributed by atoms with Gasteiger partial charge in [0.25, 0.3) is 0 Å². The van der Waals surface area contributed by atoms with Crippen LogP contribution in [-0.4, -0.2) is 14.7 Å². The molecule has 4 heteroatoms. The minimum atomic E-state index is -3.01. The van der Waals surface area contributed by atoms with E-state index in [9.17, 15) is 8.42 Å². The summed E-state index contributed by atoms with van der Waals surface area (Å²) >= 11 is 2.20. The average Bonchev–Trinajstić information content (AvgIpc) is 2.02. The lowest BCUT2D eigenvalue weighted by atomic mass is 10.2. The molecule has 0 aliphatic carbocycles. The van der Waals surface area contributed by atoms with Crippen LogP contribution >= 0.6 is 22.6 Å². The summed E-state index contributed by atoms with van der Waals surface area (Å²) in [5.74, 6) is 0. The van der Waals surface area contributed by atoms with Gasteiger partial charge in [-0.2, -0.15) is 0 Å². The Morgan fingerprint density at radius 3 is 2.23 bits per heavy atom. The summed E-state index contributed by atoms with van der Waals surface area (Å²) in [5.41, 5.74) is 0.894. The highest BCUT2D eigenvalue weighted by atomic mass is 127. The van der Waals surface area contributed by atoms with Gasteiger partial charge in [0.2, 0.25) is 0 Å². The molecule has 0 aromatic heterocycles. The van der Waals surface area contributed by atoms with Gasteiger partial charge in [0.1, 0.15) is 0 Å². The molecule has 0 N–H and O–H groups in total. The molecule has 0 saturated heterocycles. The van der Waals surface area contributed by atoms with Crippen molar-refractivity contribution >= 4 is 38.5 Å². The summed E-state index contributed by atoms with van der Waals surface area (Å²) in [4.78, 5) is 0. The molecule has 0 amide bonds. The molecule has 0 spiro atoms. The van der Waals surface area contributed by atoms with E-state index in [2.05, 4.69) is 22.6 Å². The standard InChI is InChI=1S/C9H9IO2S/c1-13(11,12)7-6-8-2-4-9(10)5-3-8/h2-7H,1H3/b7-6+. The topological polar surface area (TPSA) is 34.1 Å². The van der Waals surface area contributed by atoms with Crippen LogP contribution in [0.15, 0.2) is 29.7 Å². The van der Waals surface area contributed by atoms with Gasteiger partial charge in [-0.15, -0.1) is 0 Å². The third kappa shape index (κ3) is 4.42. The molecule has 0 fully saturated rings. The third-order valence-electron chi connectivity index (χ3n) is 1.38. The largest absolute Gasteiger partial charge is 0.225 e. The molecular formula is C9H9IO2S. The van der Waals surface area contributed by atoms with E-state index in [0.29, 0.717) is 0 Å². The molecule has 1 rings (SSSR count). The zero-order chi connectivity index (χ0) is 9.90. The molecular weight excluding hydrogens is 299 g/mol. The molecule has 0 unspecified atom stereocenters. The number of hydrogen-bond acceptors (Lipinski definition) is 2. The summed E-state index contributed by atoms with van der Waals surface area (Å²) in [5, 5.41) is 1.20. The summed E-state index contributed by atoms with van der Waals surface area (Å²) in [6.45, 7) is 0. The van der Waals surface area contributed by atoms with Crippen molar-refractivity contribution in [2.75, 3.05) is 6.26 Å². The maximum absolute atomic E-state index is 10.8. The van der Waals surface area contributed by atoms with Gasteiger partial charge in [0.15, 0.2) is 9.84 Å². The van der Waals surface area contributed by atoms with Crippen molar-refractivity contribution in [1.82, 2.24) is 0 Å². The molecule has 1 aromatic rings. The quantitative estimate of drug-likeness (QED) is 0.786. The fraction of sp³-hybridized carbons (Fsp3) is 0.111. The molecule has 0 aliphatic rings. The van der Waals surface area contributed by atoms with Crippen molar-refractivity contribution in [3.8, 4) is 0 Å². The third-order valence-corrected chi connectivity index (χ3v) is 2.73. The van der Waals surface area contributed by atoms with Gasteiger partial charge in [-0.1, -0.05) is 12.1 Å². The first-order chi connectivity index (χ1) is 5.97. The van der Waals surface area contributed by atoms with Gasteiger partial charge in [-0.25, -0.2) is 8.42 Å². The van der Waals surface area contributed by atoms with Crippen LogP contribution in [0.2, 0.25) is 0 Å². The lowest BCUT2D eigenvalue weighted by molar-refractivity contribution is 0.610. The van der Waals surface area contributed by atoms with Crippen molar-refractivity contribution < 1.29 is 8.42 Å². The van der Waals surface area contributed by atoms with Crippen molar-refractivity contribution in [3.05, 3.63) is 38.8 Å². The van der Waals surface area contributed by atoms with E-state index in [-0.39, 0.29) is 0 Å². The first kappa shape index (κ1) is 10.7. The maximum atomic E-state index is 10.8. The van der Waals surface area contributed by atoms with E-state index in [1.807, 2.05) is 24.3 Å². The van der Waals surface area contributed by atoms with E-state index in [1.54, 1.807) is 6.08 Å². The summed E-state index contributed by atoms with van der Waals surface area (Å²) in [6.07, 6.45) is 2.77. The summed E-state index contributed by atoms with van der Waals surface area (Å²) in [6, 6.07) is 7.62. The summed E-state index contributed by atoms with van der Waals surface area (Å²) < 4.78 is 22.7. The predicted octanol–water partition coefficient (Wildman–Crippen LogP) is 2.31. The van der Waals surface area contributed by atoms with E-state index in [4.69, 9.17) is 0 Å². The first-order valence-corrected chi connectivity index (χ1v) is 6.64. The van der Waals surface area contributed by atoms with Crippen molar-refractivity contribution in [1.29, 1.82) is 0 Å². The number of rotatable bonds is 2. The number of hydrogen-bond donors (Lipinski definition) is 0. The molecule has 70 valence electrons. The van der Waals surface area contributed by atoms with Gasteiger partial charge in [0.05, 0.1) is 0 Å². The molecule has 0 atom stereocenters. The van der Waals surface area contributed by atoms with Crippen LogP contribution in [0.3, 0.4) is 0 Å². The van der Waals surface area contributed by atoms with Crippen LogP contribution in [0, 0.1) is 3.57 Å². The Hall–Kier alpha value is -0.360. The van der Waals surface area contributed by atoms with Gasteiger partial charge >= 0.3 is 0 Å². The van der Waals surface area contributed by atoms with E-state index in [1.165, 1.54) is 11.7 Å². The first-order valence-electron chi connectivity index (χ1n) is 3.61. The smallest absolute Gasteiger partial charge is 0.168 e. The van der Waals surface area contributed by atoms with Gasteiger partial charge in [0, 0.05) is 15.2 Å². The van der Waals surface area contributed by atoms with Crippen molar-refractivity contribution in [3.63, 3.8) is 0 Å². The lowest BCUT2D eigenvalue weighted by Gasteiger charge is -1.92. The van der Waals surface area contributed by atoms with Gasteiger partial charge in [-0.3, -0.25) is 0 Å². The molecule has 0 saturated carbocycles. The van der Waals surface area contributed by atoms with E-state index < -0.39 is 9.84 Å². The van der Waals surface area contributed by atoms with Crippen LogP contribution in [0.4, 0.5) is 0 Å². The highest BCUT2D eigenvalue weighted by Gasteiger charge is 1.93. The second-order valence-electron chi connectivity index (χ2n) is 2.68. The van der Waals surface area contributed by atoms with Gasteiger partial charge in [-0.05, 0) is 46.4 Å². The highest BCUT2D eigenvalue weighted by Crippen LogP contribution is 2.08. The zero-order valence-corrected chi connectivity index (χ0v) is 10.0. The maximum Gasteiger partial charge on any atom is 0.168 e. The Morgan fingerprint density at radius 2 is 1.77 bits per heavy atom. The number of halogens is 1. The van der Waals surface area contributed by atoms with Crippen LogP contribution < -0.4 is 0 Å². The van der Waals surface area contributed by atoms with Crippen LogP contribution in [0.1, 0.15) is 5.56 Å². The predicted molar refractivity (Wildman–Crippen MR) is 63.0 cm³/mol. The monoisotopic (exact) mass is 308 g/mol. The zero-order valence-electron chi connectivity index (χ0n) is 7.07. The molecule has 2 nitrogen and oxygen atoms in total. The highest BCUT2D eigenvalue weighted by molar-refractivity contribution is 14.1. The Morgan fingerprint density at radius 1 is 1.23 bits per heavy atom. The number of sulfone groups is 1. The van der Waals surface area contributed by atoms with Crippen LogP contribution in [0.5, 0.6) is 0 Å². The van der Waals surface area contributed by atoms with E-state index >= 15 is 0 Å². The average molecular weight is 308 g/mol. The van der Waals surface area contributed by atoms with Crippen LogP contribution in [-0.2, 0) is 9.84 Å². The van der Waals surface area contributed by atoms with E-state index in [0.717, 1.165) is 9.13 Å². The molecule has 0 aliphatic heterocycles. The Labute approximate surface area is 91.7 Å². The minimum Gasteiger partial charge on any atom is -0.225 e. The van der Waals surface area contributed by atoms with Crippen molar-refractivity contribution in [2.45, 2.75) is 0 Å². The second-order valence-corrected chi connectivity index (χ2v) is 5.86. The number of benzene rings is 1. The minimum absolute atomic E-state index is 0.894. The summed E-state index contributed by atoms with van der Waals surface area (Å²) in [7, 11) is -3.01. The fourth-order valence-corrected chi connectivity index (χ4v) is 1.54.